The van der Waals surface area contributed by atoms with E-state index in [0.717, 1.165) is 0 Å². The van der Waals surface area contributed by atoms with Gasteiger partial charge in [0, 0.05) is 0 Å². The molecule has 5 heteroatoms. The van der Waals surface area contributed by atoms with Crippen LogP contribution in [0.15, 0.2) is 0 Å². The molecule has 1 rings (SSSR count). The van der Waals surface area contributed by atoms with Crippen LogP contribution in [0.4, 0.5) is 0 Å². The van der Waals surface area contributed by atoms with Crippen LogP contribution in [-0.4, -0.2) is 46.0 Å². The molecule has 0 spiro atoms. The smallest absolute Gasteiger partial charge is 0.135 e. The van der Waals surface area contributed by atoms with Crippen molar-refractivity contribution in [3.63, 3.8) is 0 Å². The van der Waals surface area contributed by atoms with Crippen LogP contribution in [-0.2, 0) is 4.74 Å². The average molecular weight is 163 g/mol. The highest BCUT2D eigenvalue weighted by molar-refractivity contribution is 4.87. The lowest BCUT2D eigenvalue weighted by atomic mass is 9.99. The third kappa shape index (κ3) is 1.52. The van der Waals surface area contributed by atoms with Gasteiger partial charge in [-0.1, -0.05) is 0 Å². The first-order chi connectivity index (χ1) is 5.04. The van der Waals surface area contributed by atoms with Crippen molar-refractivity contribution in [3.8, 4) is 0 Å². The van der Waals surface area contributed by atoms with Gasteiger partial charge in [0.2, 0.25) is 0 Å². The van der Waals surface area contributed by atoms with Crippen molar-refractivity contribution in [3.05, 3.63) is 0 Å². The Bertz CT molecular complexity index is 129. The van der Waals surface area contributed by atoms with Crippen LogP contribution in [0.5, 0.6) is 0 Å². The Morgan fingerprint density at radius 2 is 1.64 bits per heavy atom. The van der Waals surface area contributed by atoms with Gasteiger partial charge in [0.1, 0.15) is 24.5 Å². The molecule has 0 aromatic rings. The Balaban J connectivity index is 2.63. The zero-order chi connectivity index (χ0) is 8.59. The quantitative estimate of drug-likeness (QED) is 0.324. The normalized spacial score (nSPS) is 52.6. The first kappa shape index (κ1) is 8.89. The van der Waals surface area contributed by atoms with E-state index in [4.69, 9.17) is 25.8 Å². The number of aliphatic hydroxyl groups is 3. The molecule has 1 fully saturated rings. The van der Waals surface area contributed by atoms with Gasteiger partial charge in [-0.05, 0) is 6.92 Å². The molecule has 0 radical (unpaired) electrons. The van der Waals surface area contributed by atoms with E-state index in [1.807, 2.05) is 0 Å². The van der Waals surface area contributed by atoms with Gasteiger partial charge in [-0.2, -0.15) is 0 Å². The van der Waals surface area contributed by atoms with Crippen LogP contribution in [0.2, 0.25) is 0 Å². The average Bonchev–Trinajstić information content (AvgIpc) is 1.97. The minimum absolute atomic E-state index is 0.539. The van der Waals surface area contributed by atoms with Crippen LogP contribution >= 0.6 is 0 Å². The minimum Gasteiger partial charge on any atom is -0.388 e. The summed E-state index contributed by atoms with van der Waals surface area (Å²) in [7, 11) is 0. The second-order valence-corrected chi connectivity index (χ2v) is 2.78. The van der Waals surface area contributed by atoms with Gasteiger partial charge in [0.15, 0.2) is 0 Å². The van der Waals surface area contributed by atoms with Gasteiger partial charge < -0.3 is 25.8 Å². The first-order valence-electron chi connectivity index (χ1n) is 3.49. The van der Waals surface area contributed by atoms with Gasteiger partial charge in [0.05, 0.1) is 6.10 Å². The number of aliphatic hydroxyl groups excluding tert-OH is 3. The molecule has 0 aliphatic carbocycles. The molecule has 5 nitrogen and oxygen atoms in total. The molecule has 0 aromatic carbocycles. The summed E-state index contributed by atoms with van der Waals surface area (Å²) in [5.74, 6) is 0. The largest absolute Gasteiger partial charge is 0.388 e. The fourth-order valence-electron chi connectivity index (χ4n) is 1.08. The van der Waals surface area contributed by atoms with Crippen LogP contribution in [0, 0.1) is 0 Å². The van der Waals surface area contributed by atoms with Crippen LogP contribution in [0.25, 0.3) is 0 Å². The summed E-state index contributed by atoms with van der Waals surface area (Å²) in [6.07, 6.45) is -4.94. The van der Waals surface area contributed by atoms with Crippen molar-refractivity contribution in [2.75, 3.05) is 0 Å². The molecule has 0 amide bonds. The lowest BCUT2D eigenvalue weighted by molar-refractivity contribution is -0.215. The van der Waals surface area contributed by atoms with Crippen molar-refractivity contribution < 1.29 is 20.1 Å². The third-order valence-corrected chi connectivity index (χ3v) is 1.89. The summed E-state index contributed by atoms with van der Waals surface area (Å²) in [6.45, 7) is 1.58. The van der Waals surface area contributed by atoms with Gasteiger partial charge >= 0.3 is 0 Å². The monoisotopic (exact) mass is 163 g/mol. The van der Waals surface area contributed by atoms with Crippen molar-refractivity contribution in [1.29, 1.82) is 0 Å². The number of hydrogen-bond acceptors (Lipinski definition) is 5. The van der Waals surface area contributed by atoms with Gasteiger partial charge in [-0.3, -0.25) is 0 Å². The van der Waals surface area contributed by atoms with E-state index < -0.39 is 30.6 Å². The predicted octanol–water partition coefficient (Wildman–Crippen LogP) is -2.23. The maximum Gasteiger partial charge on any atom is 0.135 e. The predicted molar refractivity (Wildman–Crippen MR) is 36.5 cm³/mol. The second kappa shape index (κ2) is 3.04. The van der Waals surface area contributed by atoms with E-state index in [-0.39, 0.29) is 0 Å². The summed E-state index contributed by atoms with van der Waals surface area (Å²) >= 11 is 0. The van der Waals surface area contributed by atoms with E-state index in [1.165, 1.54) is 0 Å². The van der Waals surface area contributed by atoms with Crippen molar-refractivity contribution in [2.24, 2.45) is 5.73 Å². The lowest BCUT2D eigenvalue weighted by Crippen LogP contribution is -2.59. The molecule has 5 atom stereocenters. The van der Waals surface area contributed by atoms with Crippen molar-refractivity contribution in [1.82, 2.24) is 0 Å². The number of rotatable bonds is 0. The SMILES string of the molecule is C[C@@H]1O[C@@H](N)[C@H](O)[C@H](O)[C@H]1O. The summed E-state index contributed by atoms with van der Waals surface area (Å²) in [6, 6.07) is 0. The Labute approximate surface area is 64.4 Å². The number of nitrogens with two attached hydrogens (primary N) is 1. The maximum atomic E-state index is 9.14. The third-order valence-electron chi connectivity index (χ3n) is 1.89. The molecule has 0 aromatic heterocycles. The minimum atomic E-state index is -1.21. The fourth-order valence-corrected chi connectivity index (χ4v) is 1.08. The summed E-state index contributed by atoms with van der Waals surface area (Å²) in [5.41, 5.74) is 5.28. The standard InChI is InChI=1S/C6H13NO4/c1-2-3(8)4(9)5(10)6(7)11-2/h2-6,8-10H,7H2,1H3/t2-,3-,4+,5+,6+/m0/s1. The van der Waals surface area contributed by atoms with Crippen LogP contribution in [0.1, 0.15) is 6.92 Å². The van der Waals surface area contributed by atoms with E-state index in [0.29, 0.717) is 0 Å². The zero-order valence-electron chi connectivity index (χ0n) is 6.21. The highest BCUT2D eigenvalue weighted by Gasteiger charge is 2.39. The van der Waals surface area contributed by atoms with Gasteiger partial charge in [0.25, 0.3) is 0 Å². The Morgan fingerprint density at radius 3 is 2.18 bits per heavy atom. The van der Waals surface area contributed by atoms with Crippen molar-refractivity contribution >= 4 is 0 Å². The Hall–Kier alpha value is -0.200. The van der Waals surface area contributed by atoms with Crippen LogP contribution in [0.3, 0.4) is 0 Å². The molecule has 11 heavy (non-hydrogen) atoms. The van der Waals surface area contributed by atoms with E-state index in [9.17, 15) is 0 Å². The van der Waals surface area contributed by atoms with E-state index in [1.54, 1.807) is 6.92 Å². The summed E-state index contributed by atoms with van der Waals surface area (Å²) in [5, 5.41) is 27.3. The van der Waals surface area contributed by atoms with E-state index >= 15 is 0 Å². The molecular formula is C6H13NO4. The highest BCUT2D eigenvalue weighted by Crippen LogP contribution is 2.17. The molecule has 0 saturated carbocycles. The Kier molecular flexibility index (Phi) is 2.46. The first-order valence-corrected chi connectivity index (χ1v) is 3.49. The maximum absolute atomic E-state index is 9.14. The second-order valence-electron chi connectivity index (χ2n) is 2.78. The molecule has 1 saturated heterocycles. The topological polar surface area (TPSA) is 95.9 Å². The van der Waals surface area contributed by atoms with Crippen molar-refractivity contribution in [2.45, 2.75) is 37.6 Å². The zero-order valence-corrected chi connectivity index (χ0v) is 6.21. The number of ether oxygens (including phenoxy) is 1. The molecule has 1 aliphatic rings. The molecule has 5 N–H and O–H groups in total. The molecule has 1 heterocycles. The number of hydrogen-bond donors (Lipinski definition) is 4. The van der Waals surface area contributed by atoms with Crippen LogP contribution < -0.4 is 5.73 Å². The molecule has 0 unspecified atom stereocenters. The van der Waals surface area contributed by atoms with Gasteiger partial charge in [-0.25, -0.2) is 0 Å². The lowest BCUT2D eigenvalue weighted by Gasteiger charge is -2.37. The molecule has 1 aliphatic heterocycles. The fraction of sp³-hybridized carbons (Fsp3) is 1.00. The molecular weight excluding hydrogens is 150 g/mol. The van der Waals surface area contributed by atoms with E-state index in [2.05, 4.69) is 0 Å². The summed E-state index contributed by atoms with van der Waals surface area (Å²) in [4.78, 5) is 0. The molecule has 0 bridgehead atoms. The summed E-state index contributed by atoms with van der Waals surface area (Å²) < 4.78 is 4.90. The highest BCUT2D eigenvalue weighted by atomic mass is 16.5. The Morgan fingerprint density at radius 1 is 1.09 bits per heavy atom. The van der Waals surface area contributed by atoms with Gasteiger partial charge in [-0.15, -0.1) is 0 Å². The molecule has 66 valence electrons.